The van der Waals surface area contributed by atoms with Crippen LogP contribution >= 0.6 is 0 Å². The van der Waals surface area contributed by atoms with Crippen LogP contribution in [-0.4, -0.2) is 6.61 Å². The molecule has 3 aromatic carbocycles. The third-order valence-electron chi connectivity index (χ3n) is 6.04. The molecule has 31 heavy (non-hydrogen) atoms. The molecule has 152 valence electrons. The summed E-state index contributed by atoms with van der Waals surface area (Å²) < 4.78 is 45.4. The number of aromatic nitrogens is 1. The van der Waals surface area contributed by atoms with Gasteiger partial charge >= 0.3 is 0 Å². The number of hydrogen-bond acceptors (Lipinski definition) is 2. The summed E-state index contributed by atoms with van der Waals surface area (Å²) in [6, 6.07) is 18.4. The first-order valence-electron chi connectivity index (χ1n) is 11.2. The van der Waals surface area contributed by atoms with E-state index in [1.54, 1.807) is 24.3 Å². The molecule has 0 unspecified atom stereocenters. The Bertz CT molecular complexity index is 1590. The van der Waals surface area contributed by atoms with Crippen molar-refractivity contribution < 1.29 is 20.9 Å². The molecule has 0 fully saturated rings. The fourth-order valence-corrected chi connectivity index (χ4v) is 4.48. The van der Waals surface area contributed by atoms with Gasteiger partial charge in [-0.2, -0.15) is 0 Å². The first-order valence-corrected chi connectivity index (χ1v) is 10.2. The van der Waals surface area contributed by atoms with Crippen molar-refractivity contribution in [1.82, 2.24) is 0 Å². The molecule has 2 aromatic heterocycles. The standard InChI is InChI=1S/C27H21FNO2/c1-16-6-9-19-20-10-11-21(28)25(18-8-7-17-12-14-30-23(17)15-18)27(20)31-26(19)24(16)22-5-3-4-13-29(22)2/h3-11,13,15H,12,14H2,1-2H3/q+1/i12D2. The summed E-state index contributed by atoms with van der Waals surface area (Å²) in [5.41, 5.74) is 5.67. The zero-order chi connectivity index (χ0) is 22.9. The second kappa shape index (κ2) is 6.67. The van der Waals surface area contributed by atoms with Gasteiger partial charge in [-0.05, 0) is 47.9 Å². The predicted molar refractivity (Wildman–Crippen MR) is 120 cm³/mol. The number of rotatable bonds is 2. The van der Waals surface area contributed by atoms with Gasteiger partial charge in [0.2, 0.25) is 5.69 Å². The number of furan rings is 1. The molecule has 0 atom stereocenters. The van der Waals surface area contributed by atoms with E-state index in [0.29, 0.717) is 33.6 Å². The molecule has 5 aromatic rings. The van der Waals surface area contributed by atoms with Crippen LogP contribution in [-0.2, 0) is 13.4 Å². The van der Waals surface area contributed by atoms with E-state index in [4.69, 9.17) is 11.9 Å². The van der Waals surface area contributed by atoms with Gasteiger partial charge < -0.3 is 9.15 Å². The monoisotopic (exact) mass is 412 g/mol. The molecule has 1 aliphatic rings. The van der Waals surface area contributed by atoms with Gasteiger partial charge in [0.25, 0.3) is 0 Å². The minimum Gasteiger partial charge on any atom is -0.493 e. The molecule has 3 nitrogen and oxygen atoms in total. The van der Waals surface area contributed by atoms with E-state index < -0.39 is 12.2 Å². The maximum atomic E-state index is 15.2. The molecule has 0 amide bonds. The van der Waals surface area contributed by atoms with Gasteiger partial charge in [-0.15, -0.1) is 0 Å². The largest absolute Gasteiger partial charge is 0.493 e. The summed E-state index contributed by atoms with van der Waals surface area (Å²) >= 11 is 0. The minimum atomic E-state index is -1.55. The Morgan fingerprint density at radius 2 is 1.77 bits per heavy atom. The van der Waals surface area contributed by atoms with E-state index in [1.165, 1.54) is 6.07 Å². The van der Waals surface area contributed by atoms with E-state index in [0.717, 1.165) is 27.6 Å². The summed E-state index contributed by atoms with van der Waals surface area (Å²) in [5.74, 6) is 0.0453. The van der Waals surface area contributed by atoms with Gasteiger partial charge in [-0.25, -0.2) is 8.96 Å². The Morgan fingerprint density at radius 3 is 2.61 bits per heavy atom. The lowest BCUT2D eigenvalue weighted by molar-refractivity contribution is -0.660. The second-order valence-electron chi connectivity index (χ2n) is 7.91. The molecule has 0 bridgehead atoms. The fourth-order valence-electron chi connectivity index (χ4n) is 4.48. The van der Waals surface area contributed by atoms with Crippen LogP contribution in [0.5, 0.6) is 5.75 Å². The normalized spacial score (nSPS) is 15.6. The van der Waals surface area contributed by atoms with Crippen LogP contribution in [0.15, 0.2) is 71.3 Å². The van der Waals surface area contributed by atoms with Crippen LogP contribution < -0.4 is 9.30 Å². The average Bonchev–Trinajstić information content (AvgIpc) is 3.31. The number of aryl methyl sites for hydroxylation is 2. The van der Waals surface area contributed by atoms with Crippen LogP contribution in [0.1, 0.15) is 13.9 Å². The Balaban J connectivity index is 1.65. The second-order valence-corrected chi connectivity index (χ2v) is 7.91. The molecule has 0 radical (unpaired) electrons. The van der Waals surface area contributed by atoms with Crippen molar-refractivity contribution in [3.8, 4) is 28.1 Å². The van der Waals surface area contributed by atoms with Crippen molar-refractivity contribution in [3.05, 3.63) is 83.8 Å². The van der Waals surface area contributed by atoms with Crippen LogP contribution in [0.2, 0.25) is 0 Å². The molecule has 4 heteroatoms. The van der Waals surface area contributed by atoms with E-state index in [1.807, 2.05) is 49.0 Å². The van der Waals surface area contributed by atoms with E-state index >= 15 is 4.39 Å². The molecule has 1 aliphatic heterocycles. The van der Waals surface area contributed by atoms with Crippen LogP contribution in [0.3, 0.4) is 0 Å². The number of hydrogen-bond donors (Lipinski definition) is 0. The molecule has 0 N–H and O–H groups in total. The molecule has 0 saturated heterocycles. The molecule has 0 aliphatic carbocycles. The first-order chi connectivity index (χ1) is 15.8. The Hall–Kier alpha value is -3.66. The third-order valence-corrected chi connectivity index (χ3v) is 6.04. The number of fused-ring (bicyclic) bond motifs is 4. The highest BCUT2D eigenvalue weighted by molar-refractivity contribution is 6.13. The highest BCUT2D eigenvalue weighted by atomic mass is 19.1. The highest BCUT2D eigenvalue weighted by Gasteiger charge is 2.23. The average molecular weight is 412 g/mol. The number of pyridine rings is 1. The maximum Gasteiger partial charge on any atom is 0.216 e. The summed E-state index contributed by atoms with van der Waals surface area (Å²) in [5, 5.41) is 1.75. The van der Waals surface area contributed by atoms with Crippen molar-refractivity contribution in [1.29, 1.82) is 0 Å². The van der Waals surface area contributed by atoms with Gasteiger partial charge in [-0.1, -0.05) is 24.3 Å². The number of benzene rings is 3. The van der Waals surface area contributed by atoms with Gasteiger partial charge in [-0.3, -0.25) is 0 Å². The van der Waals surface area contributed by atoms with Gasteiger partial charge in [0, 0.05) is 32.0 Å². The molecule has 3 heterocycles. The minimum absolute atomic E-state index is 0.0418. The van der Waals surface area contributed by atoms with Gasteiger partial charge in [0.1, 0.15) is 29.8 Å². The summed E-state index contributed by atoms with van der Waals surface area (Å²) in [6.45, 7) is 2.00. The maximum absolute atomic E-state index is 15.2. The van der Waals surface area contributed by atoms with Crippen molar-refractivity contribution >= 4 is 21.9 Å². The lowest BCUT2D eigenvalue weighted by Gasteiger charge is -2.07. The summed E-state index contributed by atoms with van der Waals surface area (Å²) in [4.78, 5) is 0. The van der Waals surface area contributed by atoms with Crippen molar-refractivity contribution in [2.24, 2.45) is 7.05 Å². The van der Waals surface area contributed by atoms with E-state index in [2.05, 4.69) is 6.07 Å². The highest BCUT2D eigenvalue weighted by Crippen LogP contribution is 2.42. The van der Waals surface area contributed by atoms with Crippen molar-refractivity contribution in [3.63, 3.8) is 0 Å². The quantitative estimate of drug-likeness (QED) is 0.326. The molecule has 0 saturated carbocycles. The number of halogens is 1. The zero-order valence-electron chi connectivity index (χ0n) is 19.2. The molecular formula is C27H21FNO2+. The van der Waals surface area contributed by atoms with Gasteiger partial charge in [0.15, 0.2) is 6.20 Å². The SMILES string of the molecule is [2H]C1([2H])COc2cc(-c3c(F)ccc4c3oc3c(-c5cccc[n+]5C)c(C)ccc34)ccc21. The topological polar surface area (TPSA) is 26.2 Å². The smallest absolute Gasteiger partial charge is 0.216 e. The first kappa shape index (κ1) is 16.1. The van der Waals surface area contributed by atoms with Crippen LogP contribution in [0.4, 0.5) is 4.39 Å². The fraction of sp³-hybridized carbons (Fsp3) is 0.148. The number of ether oxygens (including phenoxy) is 1. The third kappa shape index (κ3) is 2.68. The summed E-state index contributed by atoms with van der Waals surface area (Å²) in [6.07, 6.45) is 0.444. The number of nitrogens with zero attached hydrogens (tertiary/aromatic N) is 1. The Labute approximate surface area is 182 Å². The summed E-state index contributed by atoms with van der Waals surface area (Å²) in [7, 11) is 1.99. The zero-order valence-corrected chi connectivity index (χ0v) is 17.2. The molecule has 6 rings (SSSR count). The Kier molecular flexibility index (Phi) is 3.46. The lowest BCUT2D eigenvalue weighted by Crippen LogP contribution is -2.30. The van der Waals surface area contributed by atoms with Crippen LogP contribution in [0, 0.1) is 12.7 Å². The molecule has 0 spiro atoms. The van der Waals surface area contributed by atoms with E-state index in [9.17, 15) is 0 Å². The van der Waals surface area contributed by atoms with Gasteiger partial charge in [0.05, 0.1) is 17.7 Å². The van der Waals surface area contributed by atoms with Crippen molar-refractivity contribution in [2.45, 2.75) is 13.3 Å². The van der Waals surface area contributed by atoms with Crippen molar-refractivity contribution in [2.75, 3.05) is 6.61 Å². The Morgan fingerprint density at radius 1 is 0.968 bits per heavy atom. The lowest BCUT2D eigenvalue weighted by atomic mass is 9.98. The van der Waals surface area contributed by atoms with E-state index in [-0.39, 0.29) is 6.61 Å². The van der Waals surface area contributed by atoms with Crippen LogP contribution in [0.25, 0.3) is 44.3 Å². The molecular weight excluding hydrogens is 389 g/mol. The predicted octanol–water partition coefficient (Wildman–Crippen LogP) is 6.13.